The van der Waals surface area contributed by atoms with Gasteiger partial charge in [-0.1, -0.05) is 37.1 Å². The van der Waals surface area contributed by atoms with Crippen molar-refractivity contribution in [2.75, 3.05) is 0 Å². The largest absolute Gasteiger partial charge is 0.0775 e. The average molecular weight is 136 g/mol. The standard InChI is InChI=1S/C10H16/c1-4-9(3)10-6-5-8(2)7-10/h5,7,9H,4,6H2,1-3H3. The van der Waals surface area contributed by atoms with Gasteiger partial charge in [-0.15, -0.1) is 0 Å². The number of hydrogen-bond acceptors (Lipinski definition) is 0. The Morgan fingerprint density at radius 3 is 2.70 bits per heavy atom. The zero-order valence-corrected chi connectivity index (χ0v) is 7.15. The maximum Gasteiger partial charge on any atom is -0.0127 e. The third-order valence-corrected chi connectivity index (χ3v) is 2.32. The molecule has 0 radical (unpaired) electrons. The first-order chi connectivity index (χ1) is 4.74. The minimum absolute atomic E-state index is 0.786. The summed E-state index contributed by atoms with van der Waals surface area (Å²) in [6.45, 7) is 6.73. The van der Waals surface area contributed by atoms with Crippen LogP contribution in [-0.4, -0.2) is 0 Å². The Morgan fingerprint density at radius 1 is 1.60 bits per heavy atom. The fraction of sp³-hybridized carbons (Fsp3) is 0.600. The third-order valence-electron chi connectivity index (χ3n) is 2.32. The topological polar surface area (TPSA) is 0 Å². The van der Waals surface area contributed by atoms with Crippen LogP contribution >= 0.6 is 0 Å². The molecule has 0 aromatic heterocycles. The van der Waals surface area contributed by atoms with Gasteiger partial charge in [0.25, 0.3) is 0 Å². The molecule has 0 heteroatoms. The van der Waals surface area contributed by atoms with Gasteiger partial charge in [0.15, 0.2) is 0 Å². The molecule has 0 saturated carbocycles. The van der Waals surface area contributed by atoms with Crippen LogP contribution < -0.4 is 0 Å². The Balaban J connectivity index is 2.54. The van der Waals surface area contributed by atoms with Gasteiger partial charge in [0.05, 0.1) is 0 Å². The molecule has 56 valence electrons. The molecule has 0 fully saturated rings. The Bertz CT molecular complexity index is 172. The van der Waals surface area contributed by atoms with Crippen LogP contribution in [0.5, 0.6) is 0 Å². The average Bonchev–Trinajstić information content (AvgIpc) is 2.34. The Hall–Kier alpha value is -0.520. The Labute approximate surface area is 63.6 Å². The molecule has 0 aromatic carbocycles. The molecule has 0 nitrogen and oxygen atoms in total. The van der Waals surface area contributed by atoms with Crippen LogP contribution in [0.25, 0.3) is 0 Å². The molecule has 1 aliphatic carbocycles. The summed E-state index contributed by atoms with van der Waals surface area (Å²) in [5.41, 5.74) is 3.05. The molecule has 0 bridgehead atoms. The van der Waals surface area contributed by atoms with E-state index in [9.17, 15) is 0 Å². The molecule has 0 N–H and O–H groups in total. The highest BCUT2D eigenvalue weighted by Crippen LogP contribution is 2.25. The van der Waals surface area contributed by atoms with Gasteiger partial charge in [0.1, 0.15) is 0 Å². The van der Waals surface area contributed by atoms with Crippen molar-refractivity contribution < 1.29 is 0 Å². The molecule has 0 heterocycles. The second-order valence-electron chi connectivity index (χ2n) is 3.18. The second kappa shape index (κ2) is 3.05. The zero-order valence-electron chi connectivity index (χ0n) is 7.15. The van der Waals surface area contributed by atoms with Crippen molar-refractivity contribution in [2.24, 2.45) is 5.92 Å². The predicted octanol–water partition coefficient (Wildman–Crippen LogP) is 3.31. The molecular weight excluding hydrogens is 120 g/mol. The van der Waals surface area contributed by atoms with E-state index in [1.165, 1.54) is 18.4 Å². The van der Waals surface area contributed by atoms with E-state index in [4.69, 9.17) is 0 Å². The van der Waals surface area contributed by atoms with E-state index in [0.29, 0.717) is 0 Å². The molecule has 0 aromatic rings. The van der Waals surface area contributed by atoms with Gasteiger partial charge in [-0.2, -0.15) is 0 Å². The van der Waals surface area contributed by atoms with Gasteiger partial charge < -0.3 is 0 Å². The summed E-state index contributed by atoms with van der Waals surface area (Å²) in [5, 5.41) is 0. The van der Waals surface area contributed by atoms with Crippen molar-refractivity contribution in [2.45, 2.75) is 33.6 Å². The summed E-state index contributed by atoms with van der Waals surface area (Å²) in [4.78, 5) is 0. The number of allylic oxidation sites excluding steroid dienone is 4. The van der Waals surface area contributed by atoms with Crippen LogP contribution in [0.1, 0.15) is 33.6 Å². The summed E-state index contributed by atoms with van der Waals surface area (Å²) >= 11 is 0. The van der Waals surface area contributed by atoms with Gasteiger partial charge in [-0.05, 0) is 25.7 Å². The van der Waals surface area contributed by atoms with E-state index in [0.717, 1.165) is 5.92 Å². The van der Waals surface area contributed by atoms with Crippen molar-refractivity contribution in [3.05, 3.63) is 23.3 Å². The molecule has 1 unspecified atom stereocenters. The van der Waals surface area contributed by atoms with Crippen molar-refractivity contribution in [1.82, 2.24) is 0 Å². The van der Waals surface area contributed by atoms with Crippen LogP contribution in [0.3, 0.4) is 0 Å². The SMILES string of the molecule is CCC(C)C1=CC(C)=CC1. The fourth-order valence-electron chi connectivity index (χ4n) is 1.29. The molecule has 0 spiro atoms. The van der Waals surface area contributed by atoms with Gasteiger partial charge in [0.2, 0.25) is 0 Å². The second-order valence-corrected chi connectivity index (χ2v) is 3.18. The smallest absolute Gasteiger partial charge is 0.0127 e. The summed E-state index contributed by atoms with van der Waals surface area (Å²) in [6.07, 6.45) is 7.10. The lowest BCUT2D eigenvalue weighted by Crippen LogP contribution is -1.93. The highest BCUT2D eigenvalue weighted by Gasteiger charge is 2.08. The van der Waals surface area contributed by atoms with Crippen molar-refractivity contribution in [1.29, 1.82) is 0 Å². The summed E-state index contributed by atoms with van der Waals surface area (Å²) in [6, 6.07) is 0. The van der Waals surface area contributed by atoms with Crippen LogP contribution in [0.4, 0.5) is 0 Å². The Morgan fingerprint density at radius 2 is 2.30 bits per heavy atom. The van der Waals surface area contributed by atoms with Crippen LogP contribution in [-0.2, 0) is 0 Å². The lowest BCUT2D eigenvalue weighted by Gasteiger charge is -2.08. The molecular formula is C10H16. The van der Waals surface area contributed by atoms with E-state index >= 15 is 0 Å². The molecule has 10 heavy (non-hydrogen) atoms. The molecule has 0 saturated heterocycles. The first-order valence-electron chi connectivity index (χ1n) is 4.11. The first kappa shape index (κ1) is 7.59. The van der Waals surface area contributed by atoms with Gasteiger partial charge in [0, 0.05) is 0 Å². The third kappa shape index (κ3) is 1.50. The van der Waals surface area contributed by atoms with Gasteiger partial charge in [-0.3, -0.25) is 0 Å². The van der Waals surface area contributed by atoms with E-state index in [2.05, 4.69) is 32.9 Å². The summed E-state index contributed by atoms with van der Waals surface area (Å²) in [7, 11) is 0. The van der Waals surface area contributed by atoms with E-state index in [-0.39, 0.29) is 0 Å². The van der Waals surface area contributed by atoms with E-state index in [1.54, 1.807) is 5.57 Å². The molecule has 0 aliphatic heterocycles. The lowest BCUT2D eigenvalue weighted by molar-refractivity contribution is 0.645. The van der Waals surface area contributed by atoms with Crippen molar-refractivity contribution >= 4 is 0 Å². The molecule has 1 atom stereocenters. The highest BCUT2D eigenvalue weighted by molar-refractivity contribution is 5.31. The van der Waals surface area contributed by atoms with Crippen LogP contribution in [0, 0.1) is 5.92 Å². The zero-order chi connectivity index (χ0) is 7.56. The summed E-state index contributed by atoms with van der Waals surface area (Å²) in [5.74, 6) is 0.786. The van der Waals surface area contributed by atoms with Crippen molar-refractivity contribution in [3.8, 4) is 0 Å². The van der Waals surface area contributed by atoms with Crippen LogP contribution in [0.2, 0.25) is 0 Å². The van der Waals surface area contributed by atoms with E-state index < -0.39 is 0 Å². The van der Waals surface area contributed by atoms with Crippen LogP contribution in [0.15, 0.2) is 23.3 Å². The maximum atomic E-state index is 2.33. The number of rotatable bonds is 2. The van der Waals surface area contributed by atoms with E-state index in [1.807, 2.05) is 0 Å². The predicted molar refractivity (Wildman–Crippen MR) is 45.9 cm³/mol. The minimum Gasteiger partial charge on any atom is -0.0775 e. The normalized spacial score (nSPS) is 20.3. The minimum atomic E-state index is 0.786. The maximum absolute atomic E-state index is 2.33. The first-order valence-corrected chi connectivity index (χ1v) is 4.11. The monoisotopic (exact) mass is 136 g/mol. The lowest BCUT2D eigenvalue weighted by atomic mass is 9.98. The molecule has 0 amide bonds. The molecule has 1 rings (SSSR count). The quantitative estimate of drug-likeness (QED) is 0.546. The van der Waals surface area contributed by atoms with Gasteiger partial charge >= 0.3 is 0 Å². The summed E-state index contributed by atoms with van der Waals surface area (Å²) < 4.78 is 0. The molecule has 1 aliphatic rings. The van der Waals surface area contributed by atoms with Gasteiger partial charge in [-0.25, -0.2) is 0 Å². The number of hydrogen-bond donors (Lipinski definition) is 0. The van der Waals surface area contributed by atoms with Crippen molar-refractivity contribution in [3.63, 3.8) is 0 Å². The Kier molecular flexibility index (Phi) is 2.31. The fourth-order valence-corrected chi connectivity index (χ4v) is 1.29. The highest BCUT2D eigenvalue weighted by atomic mass is 14.1.